The number of hydrogen-bond acceptors (Lipinski definition) is 24. The Balaban J connectivity index is 0.000000229. The second-order valence-electron chi connectivity index (χ2n) is 17.3. The summed E-state index contributed by atoms with van der Waals surface area (Å²) in [5.41, 5.74) is -0.940. The van der Waals surface area contributed by atoms with Crippen LogP contribution >= 0.6 is 0 Å². The van der Waals surface area contributed by atoms with Gasteiger partial charge in [-0.15, -0.1) is 0 Å². The van der Waals surface area contributed by atoms with Gasteiger partial charge in [-0.25, -0.2) is 0 Å². The molecule has 2 unspecified atom stereocenters. The average Bonchev–Trinajstić information content (AvgIpc) is 3.10. The van der Waals surface area contributed by atoms with E-state index in [0.29, 0.717) is 24.6 Å². The molecule has 0 spiro atoms. The number of carboxylic acid groups (broad SMARTS) is 1. The minimum absolute atomic E-state index is 0.0460. The summed E-state index contributed by atoms with van der Waals surface area (Å²) in [4.78, 5) is 70.6. The van der Waals surface area contributed by atoms with E-state index in [4.69, 9.17) is 68.0 Å². The molecule has 2 atom stereocenters. The van der Waals surface area contributed by atoms with E-state index in [2.05, 4.69) is 38.3 Å². The van der Waals surface area contributed by atoms with Crippen molar-refractivity contribution in [3.8, 4) is 40.2 Å². The Kier molecular flexibility index (Phi) is 27.1. The number of aromatic hydroxyl groups is 1. The number of pyridine rings is 3. The van der Waals surface area contributed by atoms with Crippen molar-refractivity contribution in [3.05, 3.63) is 121 Å². The molecule has 0 saturated carbocycles. The maximum absolute atomic E-state index is 13.1. The molecule has 468 valence electrons. The van der Waals surface area contributed by atoms with E-state index in [1.54, 1.807) is 0 Å². The molecule has 34 heteroatoms. The third kappa shape index (κ3) is 24.9. The monoisotopic (exact) mass is 1230 g/mol. The number of nitrogens with one attached hydrogen (secondary N) is 1. The van der Waals surface area contributed by atoms with Gasteiger partial charge in [0.25, 0.3) is 0 Å². The summed E-state index contributed by atoms with van der Waals surface area (Å²) in [5.74, 6) is -2.25. The van der Waals surface area contributed by atoms with Crippen LogP contribution in [0.2, 0.25) is 0 Å². The second kappa shape index (κ2) is 33.3. The average molecular weight is 1230 g/mol. The standard InChI is InChI=1S/C14H18F2O5.C13H17F2NO5.C9H7F2NO4.C8H7F2NO3.C6H6O4.CO2/c1-2-14(15,16)21-12-9-19-10(7-11(12)17)8-20-13-5-3-4-6-18-13;14-13(15,8-17)21-11-6-16-9(5-10(11)18)7-20-12-3-1-2-4-19-12;10-9(11)4-15-6-1-5(2-8(13)14)12-3-7(6)16-9;9-8(10)4-13-6-1-5(3-12)11-2-7(6)14-8;7-2-4-1-5(8)6(9)3-10-4;2-1-3/h7,9,13H,2-6,8H2,1H3;5-6,12,17H,1-4,7-8H2,(H,16,18);1,3H,2,4H2,(H,13,14);1-2,12H,3-4H2;1,3,7,9H,2H2;. The molecule has 0 bridgehead atoms. The molecule has 6 N–H and O–H groups in total. The molecule has 9 rings (SSSR count). The van der Waals surface area contributed by atoms with Crippen molar-refractivity contribution in [3.63, 3.8) is 0 Å². The van der Waals surface area contributed by atoms with Gasteiger partial charge in [0, 0.05) is 61.9 Å². The van der Waals surface area contributed by atoms with Gasteiger partial charge in [0.15, 0.2) is 60.3 Å². The molecule has 5 aromatic rings. The van der Waals surface area contributed by atoms with Crippen molar-refractivity contribution >= 4 is 12.1 Å². The van der Waals surface area contributed by atoms with Crippen molar-refractivity contribution in [2.75, 3.05) is 33.0 Å². The van der Waals surface area contributed by atoms with E-state index in [1.807, 2.05) is 0 Å². The molecule has 5 aromatic heterocycles. The van der Waals surface area contributed by atoms with E-state index in [0.717, 1.165) is 87.8 Å². The highest BCUT2D eigenvalue weighted by atomic mass is 19.3. The van der Waals surface area contributed by atoms with Crippen LogP contribution < -0.4 is 44.7 Å². The predicted octanol–water partition coefficient (Wildman–Crippen LogP) is 5.71. The number of alkyl halides is 8. The van der Waals surface area contributed by atoms with Gasteiger partial charge in [-0.3, -0.25) is 29.1 Å². The fourth-order valence-electron chi connectivity index (χ4n) is 6.60. The fourth-order valence-corrected chi connectivity index (χ4v) is 6.60. The lowest BCUT2D eigenvalue weighted by Gasteiger charge is -2.25. The van der Waals surface area contributed by atoms with Gasteiger partial charge >= 0.3 is 36.6 Å². The normalized spacial score (nSPS) is 17.0. The molecule has 9 heterocycles. The number of aliphatic carboxylic acids is 1. The first-order valence-electron chi connectivity index (χ1n) is 24.9. The summed E-state index contributed by atoms with van der Waals surface area (Å²) in [7, 11) is 0. The summed E-state index contributed by atoms with van der Waals surface area (Å²) < 4.78 is 160. The van der Waals surface area contributed by atoms with Gasteiger partial charge in [-0.05, 0) is 38.5 Å². The molecule has 0 aliphatic carbocycles. The number of rotatable bonds is 16. The summed E-state index contributed by atoms with van der Waals surface area (Å²) >= 11 is 0. The van der Waals surface area contributed by atoms with Crippen LogP contribution in [0.5, 0.6) is 40.2 Å². The summed E-state index contributed by atoms with van der Waals surface area (Å²) in [5, 5.41) is 42.8. The van der Waals surface area contributed by atoms with Crippen molar-refractivity contribution < 1.29 is 131 Å². The summed E-state index contributed by atoms with van der Waals surface area (Å²) in [6.45, 7) is -1.13. The smallest absolute Gasteiger partial charge is 0.433 e. The fraction of sp³-hybridized carbons (Fsp3) is 0.471. The number of halogens is 8. The summed E-state index contributed by atoms with van der Waals surface area (Å²) in [6, 6.07) is 5.88. The number of fused-ring (bicyclic) bond motifs is 2. The zero-order valence-electron chi connectivity index (χ0n) is 44.5. The number of aromatic nitrogens is 3. The van der Waals surface area contributed by atoms with Crippen LogP contribution in [0.1, 0.15) is 80.5 Å². The number of carbonyl (C=O) groups is 1. The Morgan fingerprint density at radius 2 is 1.21 bits per heavy atom. The maximum atomic E-state index is 13.1. The van der Waals surface area contributed by atoms with Gasteiger partial charge in [0.2, 0.25) is 22.0 Å². The quantitative estimate of drug-likeness (QED) is 0.0644. The van der Waals surface area contributed by atoms with Crippen LogP contribution in [0, 0.1) is 0 Å². The van der Waals surface area contributed by atoms with Crippen LogP contribution in [0.15, 0.2) is 84.7 Å². The third-order valence-electron chi connectivity index (χ3n) is 10.6. The highest BCUT2D eigenvalue weighted by Gasteiger charge is 2.40. The molecular weight excluding hydrogens is 1170 g/mol. The van der Waals surface area contributed by atoms with E-state index < -0.39 is 90.2 Å². The molecular formula is C51H55F8N3O23. The Hall–Kier alpha value is -8.24. The number of aromatic amines is 1. The van der Waals surface area contributed by atoms with Gasteiger partial charge in [0.05, 0.1) is 43.4 Å². The Morgan fingerprint density at radius 3 is 1.69 bits per heavy atom. The highest BCUT2D eigenvalue weighted by molar-refractivity contribution is 5.69. The molecule has 2 saturated heterocycles. The van der Waals surface area contributed by atoms with E-state index in [-0.39, 0.29) is 91.8 Å². The Morgan fingerprint density at radius 1 is 0.694 bits per heavy atom. The number of ether oxygens (including phenoxy) is 10. The minimum atomic E-state index is -3.79. The summed E-state index contributed by atoms with van der Waals surface area (Å²) in [6.07, 6.45) is -4.51. The molecule has 85 heavy (non-hydrogen) atoms. The molecule has 4 aliphatic rings. The Bertz CT molecular complexity index is 3020. The van der Waals surface area contributed by atoms with Gasteiger partial charge in [-0.1, -0.05) is 6.92 Å². The number of hydrogen-bond donors (Lipinski definition) is 6. The van der Waals surface area contributed by atoms with Gasteiger partial charge in [-0.2, -0.15) is 44.7 Å². The first-order valence-corrected chi connectivity index (χ1v) is 24.9. The molecule has 26 nitrogen and oxygen atoms in total. The topological polar surface area (TPSA) is 364 Å². The first-order chi connectivity index (χ1) is 40.2. The zero-order valence-corrected chi connectivity index (χ0v) is 44.5. The van der Waals surface area contributed by atoms with Crippen LogP contribution in [-0.4, -0.2) is 123 Å². The highest BCUT2D eigenvalue weighted by Crippen LogP contribution is 2.37. The third-order valence-corrected chi connectivity index (χ3v) is 10.6. The van der Waals surface area contributed by atoms with E-state index in [1.165, 1.54) is 19.1 Å². The van der Waals surface area contributed by atoms with Crippen LogP contribution in [-0.2, 0) is 66.2 Å². The van der Waals surface area contributed by atoms with Crippen LogP contribution in [0.3, 0.4) is 0 Å². The lowest BCUT2D eigenvalue weighted by Crippen LogP contribution is -2.36. The van der Waals surface area contributed by atoms with Crippen molar-refractivity contribution in [2.24, 2.45) is 0 Å². The van der Waals surface area contributed by atoms with E-state index >= 15 is 0 Å². The number of aliphatic hydroxyl groups is 3. The number of aliphatic hydroxyl groups excluding tert-OH is 3. The molecule has 4 aliphatic heterocycles. The number of H-pyrrole nitrogens is 1. The number of carbonyl (C=O) groups excluding carboxylic acids is 2. The minimum Gasteiger partial charge on any atom is -0.502 e. The van der Waals surface area contributed by atoms with Crippen LogP contribution in [0.25, 0.3) is 0 Å². The molecule has 2 fully saturated rings. The van der Waals surface area contributed by atoms with Gasteiger partial charge < -0.3 is 86.7 Å². The van der Waals surface area contributed by atoms with Crippen LogP contribution in [0.4, 0.5) is 35.1 Å². The lowest BCUT2D eigenvalue weighted by atomic mass is 10.2. The Labute approximate surface area is 473 Å². The number of nitrogens with zero attached hydrogens (tertiary/aromatic N) is 2. The molecule has 0 amide bonds. The maximum Gasteiger partial charge on any atom is 0.433 e. The van der Waals surface area contributed by atoms with Crippen molar-refractivity contribution in [1.82, 2.24) is 15.0 Å². The second-order valence-corrected chi connectivity index (χ2v) is 17.3. The van der Waals surface area contributed by atoms with Gasteiger partial charge in [0.1, 0.15) is 43.9 Å². The predicted molar refractivity (Wildman–Crippen MR) is 263 cm³/mol. The van der Waals surface area contributed by atoms with Crippen molar-refractivity contribution in [2.45, 2.75) is 122 Å². The first kappa shape index (κ1) is 69.3. The van der Waals surface area contributed by atoms with E-state index in [9.17, 15) is 54.3 Å². The zero-order chi connectivity index (χ0) is 62.8. The largest absolute Gasteiger partial charge is 0.502 e. The number of carboxylic acids is 1. The van der Waals surface area contributed by atoms with Crippen molar-refractivity contribution in [1.29, 1.82) is 0 Å². The lowest BCUT2D eigenvalue weighted by molar-refractivity contribution is -0.209. The molecule has 0 radical (unpaired) electrons. The SMILES string of the molecule is CCC(F)(F)Oc1coc(COC2CCCCO2)cc1=O.O=C(O)Cc1cc2c(cn1)OC(F)(F)CO2.O=C=O.O=c1cc(CO)occ1O.O=c1cc(COC2CCCCO2)[nH]cc1OC(F)(F)CO.OCc1cc2c(cn1)OC(F)(F)CO2. The molecule has 0 aromatic carbocycles.